The van der Waals surface area contributed by atoms with Crippen LogP contribution in [-0.4, -0.2) is 33.5 Å². The van der Waals surface area contributed by atoms with Gasteiger partial charge in [0.1, 0.15) is 0 Å². The van der Waals surface area contributed by atoms with Gasteiger partial charge in [-0.25, -0.2) is 0 Å². The van der Waals surface area contributed by atoms with E-state index in [0.717, 1.165) is 50.6 Å². The van der Waals surface area contributed by atoms with Crippen molar-refractivity contribution < 1.29 is 14.2 Å². The molecule has 1 aliphatic rings. The molecule has 2 rings (SSSR count). The Bertz CT molecular complexity index is 403. The maximum atomic E-state index is 5.87. The molecule has 1 aliphatic heterocycles. The number of hydrogen-bond donors (Lipinski definition) is 1. The number of benzene rings is 1. The molecule has 0 aromatic heterocycles. The highest BCUT2D eigenvalue weighted by molar-refractivity contribution is 5.42. The lowest BCUT2D eigenvalue weighted by Crippen LogP contribution is -2.14. The summed E-state index contributed by atoms with van der Waals surface area (Å²) in [5.41, 5.74) is 1.21. The number of ether oxygens (including phenoxy) is 3. The van der Waals surface area contributed by atoms with E-state index in [4.69, 9.17) is 14.2 Å². The molecule has 0 aliphatic carbocycles. The topological polar surface area (TPSA) is 39.7 Å². The number of rotatable bonds is 8. The first kappa shape index (κ1) is 15.1. The van der Waals surface area contributed by atoms with Crippen molar-refractivity contribution in [3.63, 3.8) is 0 Å². The quantitative estimate of drug-likeness (QED) is 0.743. The highest BCUT2D eigenvalue weighted by atomic mass is 16.5. The lowest BCUT2D eigenvalue weighted by atomic mass is 10.1. The van der Waals surface area contributed by atoms with Crippen molar-refractivity contribution in [3.05, 3.63) is 23.8 Å². The van der Waals surface area contributed by atoms with Gasteiger partial charge in [0.2, 0.25) is 0 Å². The zero-order valence-electron chi connectivity index (χ0n) is 12.5. The average Bonchev–Trinajstić information content (AvgIpc) is 2.99. The fourth-order valence-electron chi connectivity index (χ4n) is 2.27. The van der Waals surface area contributed by atoms with Crippen LogP contribution in [0.5, 0.6) is 11.5 Å². The third-order valence-electron chi connectivity index (χ3n) is 3.48. The maximum absolute atomic E-state index is 5.87. The molecule has 112 valence electrons. The molecule has 1 aromatic carbocycles. The zero-order chi connectivity index (χ0) is 14.2. The summed E-state index contributed by atoms with van der Waals surface area (Å²) in [5, 5.41) is 3.39. The molecule has 1 unspecified atom stereocenters. The molecule has 0 radical (unpaired) electrons. The van der Waals surface area contributed by atoms with E-state index in [0.29, 0.717) is 12.5 Å². The van der Waals surface area contributed by atoms with Crippen molar-refractivity contribution in [1.29, 1.82) is 0 Å². The Hall–Kier alpha value is -1.26. The maximum Gasteiger partial charge on any atom is 0.161 e. The van der Waals surface area contributed by atoms with E-state index in [1.165, 1.54) is 5.56 Å². The first-order chi connectivity index (χ1) is 9.83. The summed E-state index contributed by atoms with van der Waals surface area (Å²) in [6.45, 7) is 6.42. The van der Waals surface area contributed by atoms with Crippen LogP contribution in [0.3, 0.4) is 0 Å². The van der Waals surface area contributed by atoms with Crippen LogP contribution in [-0.2, 0) is 11.3 Å². The van der Waals surface area contributed by atoms with Crippen molar-refractivity contribution in [2.45, 2.75) is 26.3 Å². The molecule has 20 heavy (non-hydrogen) atoms. The first-order valence-electron chi connectivity index (χ1n) is 7.41. The van der Waals surface area contributed by atoms with Gasteiger partial charge in [0.25, 0.3) is 0 Å². The van der Waals surface area contributed by atoms with Gasteiger partial charge in [-0.3, -0.25) is 0 Å². The summed E-state index contributed by atoms with van der Waals surface area (Å²) < 4.78 is 16.6. The standard InChI is InChI=1S/C16H25NO3/c1-3-7-17-10-13-4-5-15(16(9-13)18-2)20-12-14-6-8-19-11-14/h4-5,9,14,17H,3,6-8,10-12H2,1-2H3. The van der Waals surface area contributed by atoms with Crippen molar-refractivity contribution in [3.8, 4) is 11.5 Å². The predicted octanol–water partition coefficient (Wildman–Crippen LogP) is 2.61. The van der Waals surface area contributed by atoms with Gasteiger partial charge in [-0.1, -0.05) is 13.0 Å². The second-order valence-corrected chi connectivity index (χ2v) is 5.20. The molecule has 0 spiro atoms. The normalized spacial score (nSPS) is 18.2. The van der Waals surface area contributed by atoms with Crippen molar-refractivity contribution in [2.24, 2.45) is 5.92 Å². The minimum atomic E-state index is 0.505. The number of methoxy groups -OCH3 is 1. The van der Waals surface area contributed by atoms with Gasteiger partial charge in [-0.05, 0) is 37.1 Å². The molecular weight excluding hydrogens is 254 g/mol. The summed E-state index contributed by atoms with van der Waals surface area (Å²) >= 11 is 0. The van der Waals surface area contributed by atoms with E-state index < -0.39 is 0 Å². The predicted molar refractivity (Wildman–Crippen MR) is 79.4 cm³/mol. The summed E-state index contributed by atoms with van der Waals surface area (Å²) in [5.74, 6) is 2.13. The summed E-state index contributed by atoms with van der Waals surface area (Å²) in [7, 11) is 1.68. The summed E-state index contributed by atoms with van der Waals surface area (Å²) in [6.07, 6.45) is 2.23. The minimum Gasteiger partial charge on any atom is -0.493 e. The molecule has 1 saturated heterocycles. The largest absolute Gasteiger partial charge is 0.493 e. The highest BCUT2D eigenvalue weighted by Gasteiger charge is 2.17. The molecule has 1 aromatic rings. The monoisotopic (exact) mass is 279 g/mol. The van der Waals surface area contributed by atoms with E-state index in [1.807, 2.05) is 12.1 Å². The van der Waals surface area contributed by atoms with Crippen LogP contribution in [0.4, 0.5) is 0 Å². The molecule has 4 heteroatoms. The lowest BCUT2D eigenvalue weighted by molar-refractivity contribution is 0.165. The Labute approximate surface area is 121 Å². The first-order valence-corrected chi connectivity index (χ1v) is 7.41. The third kappa shape index (κ3) is 4.39. The minimum absolute atomic E-state index is 0.505. The fourth-order valence-corrected chi connectivity index (χ4v) is 2.27. The summed E-state index contributed by atoms with van der Waals surface area (Å²) in [6, 6.07) is 6.13. The summed E-state index contributed by atoms with van der Waals surface area (Å²) in [4.78, 5) is 0. The smallest absolute Gasteiger partial charge is 0.161 e. The molecule has 1 atom stereocenters. The van der Waals surface area contributed by atoms with E-state index >= 15 is 0 Å². The van der Waals surface area contributed by atoms with Gasteiger partial charge in [0.15, 0.2) is 11.5 Å². The zero-order valence-corrected chi connectivity index (χ0v) is 12.5. The second kappa shape index (κ2) is 8.12. The van der Waals surface area contributed by atoms with Crippen LogP contribution in [0.1, 0.15) is 25.3 Å². The van der Waals surface area contributed by atoms with Crippen LogP contribution in [0.25, 0.3) is 0 Å². The lowest BCUT2D eigenvalue weighted by Gasteiger charge is -2.14. The van der Waals surface area contributed by atoms with Gasteiger partial charge in [-0.15, -0.1) is 0 Å². The Kier molecular flexibility index (Phi) is 6.15. The van der Waals surface area contributed by atoms with Gasteiger partial charge in [-0.2, -0.15) is 0 Å². The van der Waals surface area contributed by atoms with Gasteiger partial charge in [0.05, 0.1) is 20.3 Å². The van der Waals surface area contributed by atoms with E-state index in [2.05, 4.69) is 18.3 Å². The van der Waals surface area contributed by atoms with Crippen molar-refractivity contribution in [2.75, 3.05) is 33.5 Å². The molecule has 4 nitrogen and oxygen atoms in total. The van der Waals surface area contributed by atoms with Crippen LogP contribution in [0.15, 0.2) is 18.2 Å². The Morgan fingerprint density at radius 1 is 1.35 bits per heavy atom. The SMILES string of the molecule is CCCNCc1ccc(OCC2CCOC2)c(OC)c1. The highest BCUT2D eigenvalue weighted by Crippen LogP contribution is 2.29. The molecule has 1 heterocycles. The third-order valence-corrected chi connectivity index (χ3v) is 3.48. The molecular formula is C16H25NO3. The van der Waals surface area contributed by atoms with Crippen LogP contribution >= 0.6 is 0 Å². The Morgan fingerprint density at radius 2 is 2.25 bits per heavy atom. The average molecular weight is 279 g/mol. The molecule has 1 N–H and O–H groups in total. The van der Waals surface area contributed by atoms with Crippen molar-refractivity contribution in [1.82, 2.24) is 5.32 Å². The Morgan fingerprint density at radius 3 is 2.95 bits per heavy atom. The van der Waals surface area contributed by atoms with Crippen LogP contribution in [0, 0.1) is 5.92 Å². The number of nitrogens with one attached hydrogen (secondary N) is 1. The van der Waals surface area contributed by atoms with E-state index in [-0.39, 0.29) is 0 Å². The van der Waals surface area contributed by atoms with E-state index in [9.17, 15) is 0 Å². The van der Waals surface area contributed by atoms with Crippen LogP contribution < -0.4 is 14.8 Å². The molecule has 0 bridgehead atoms. The Balaban J connectivity index is 1.90. The van der Waals surface area contributed by atoms with Crippen LogP contribution in [0.2, 0.25) is 0 Å². The molecule has 0 saturated carbocycles. The van der Waals surface area contributed by atoms with Gasteiger partial charge >= 0.3 is 0 Å². The van der Waals surface area contributed by atoms with E-state index in [1.54, 1.807) is 7.11 Å². The van der Waals surface area contributed by atoms with Gasteiger partial charge < -0.3 is 19.5 Å². The fraction of sp³-hybridized carbons (Fsp3) is 0.625. The van der Waals surface area contributed by atoms with Gasteiger partial charge in [0, 0.05) is 19.1 Å². The second-order valence-electron chi connectivity index (χ2n) is 5.20. The van der Waals surface area contributed by atoms with Crippen molar-refractivity contribution >= 4 is 0 Å². The number of hydrogen-bond acceptors (Lipinski definition) is 4. The molecule has 1 fully saturated rings. The molecule has 0 amide bonds.